The van der Waals surface area contributed by atoms with Crippen molar-refractivity contribution in [1.82, 2.24) is 5.23 Å². The summed E-state index contributed by atoms with van der Waals surface area (Å²) < 4.78 is 10.8. The van der Waals surface area contributed by atoms with Gasteiger partial charge < -0.3 is 14.7 Å². The number of hydrogen-bond acceptors (Lipinski definition) is 4. The number of rotatable bonds is 5. The van der Waals surface area contributed by atoms with E-state index in [4.69, 9.17) is 21.1 Å². The molecule has 0 bridgehead atoms. The van der Waals surface area contributed by atoms with Crippen molar-refractivity contribution in [2.45, 2.75) is 39.1 Å². The van der Waals surface area contributed by atoms with Gasteiger partial charge in [0.25, 0.3) is 5.87 Å². The molecule has 0 atom stereocenters. The second-order valence-electron chi connectivity index (χ2n) is 6.00. The van der Waals surface area contributed by atoms with Gasteiger partial charge in [0.05, 0.1) is 7.11 Å². The Bertz CT molecular complexity index is 577. The van der Waals surface area contributed by atoms with Crippen molar-refractivity contribution in [1.29, 1.82) is 0 Å². The van der Waals surface area contributed by atoms with E-state index in [9.17, 15) is 9.59 Å². The second kappa shape index (κ2) is 8.59. The number of hydrogen-bond donors (Lipinski definition) is 1. The lowest BCUT2D eigenvalue weighted by molar-refractivity contribution is 0.0565. The lowest BCUT2D eigenvalue weighted by Gasteiger charge is -2.21. The molecule has 8 heteroatoms. The van der Waals surface area contributed by atoms with E-state index in [1.54, 1.807) is 26.8 Å². The first kappa shape index (κ1) is 19.8. The van der Waals surface area contributed by atoms with Crippen LogP contribution in [0.3, 0.4) is 0 Å². The number of carbonyl (C=O) groups is 2. The Labute approximate surface area is 150 Å². The monoisotopic (exact) mass is 403 g/mol. The third-order valence-electron chi connectivity index (χ3n) is 2.89. The Kier molecular flexibility index (Phi) is 7.41. The molecular formula is C15H20BBrClNO4. The summed E-state index contributed by atoms with van der Waals surface area (Å²) in [7, 11) is 1.28. The molecule has 126 valence electrons. The molecule has 0 radical (unpaired) electrons. The van der Waals surface area contributed by atoms with Crippen LogP contribution in [-0.2, 0) is 15.9 Å². The number of amides is 1. The number of benzene rings is 1. The Morgan fingerprint density at radius 1 is 1.35 bits per heavy atom. The predicted octanol–water partition coefficient (Wildman–Crippen LogP) is 4.51. The zero-order chi connectivity index (χ0) is 17.6. The number of carbonyl (C=O) groups excluding carboxylic acids is 2. The molecular weight excluding hydrogens is 384 g/mol. The van der Waals surface area contributed by atoms with E-state index in [0.717, 1.165) is 10.0 Å². The number of nitrogens with one attached hydrogen (secondary N) is 1. The summed E-state index contributed by atoms with van der Waals surface area (Å²) in [5.74, 6) is -0.524. The van der Waals surface area contributed by atoms with Crippen LogP contribution in [0, 0.1) is 0 Å². The molecule has 0 saturated heterocycles. The van der Waals surface area contributed by atoms with Gasteiger partial charge in [0, 0.05) is 9.50 Å². The maximum Gasteiger partial charge on any atom is 0.395 e. The summed E-state index contributed by atoms with van der Waals surface area (Å²) in [6.45, 7) is 4.46. The largest absolute Gasteiger partial charge is 0.475 e. The van der Waals surface area contributed by atoms with E-state index < -0.39 is 24.4 Å². The molecule has 1 rings (SSSR count). The van der Waals surface area contributed by atoms with Gasteiger partial charge in [-0.25, -0.2) is 4.79 Å². The Morgan fingerprint density at radius 2 is 2.00 bits per heavy atom. The minimum absolute atomic E-state index is 0.354. The Hall–Kier alpha value is -1.21. The molecule has 23 heavy (non-hydrogen) atoms. The molecule has 0 saturated carbocycles. The Balaban J connectivity index is 2.71. The van der Waals surface area contributed by atoms with E-state index in [1.807, 2.05) is 12.1 Å². The number of halogens is 2. The van der Waals surface area contributed by atoms with E-state index >= 15 is 0 Å². The highest BCUT2D eigenvalue weighted by molar-refractivity contribution is 9.10. The fraction of sp³-hybridized carbons (Fsp3) is 0.467. The van der Waals surface area contributed by atoms with Crippen LogP contribution in [0.4, 0.5) is 9.59 Å². The summed E-state index contributed by atoms with van der Waals surface area (Å²) in [5, 5.41) is 3.13. The molecule has 0 aliphatic heterocycles. The van der Waals surface area contributed by atoms with Gasteiger partial charge in [-0.1, -0.05) is 33.6 Å². The van der Waals surface area contributed by atoms with Crippen LogP contribution in [0.2, 0.25) is 11.3 Å². The number of ether oxygens (including phenoxy) is 2. The molecule has 1 N–H and O–H groups in total. The average molecular weight is 404 g/mol. The molecule has 0 aromatic heterocycles. The first-order chi connectivity index (χ1) is 10.6. The third kappa shape index (κ3) is 7.27. The summed E-state index contributed by atoms with van der Waals surface area (Å²) in [5.41, 5.74) is 0.245. The van der Waals surface area contributed by atoms with E-state index in [2.05, 4.69) is 21.2 Å². The molecule has 1 aromatic carbocycles. The van der Waals surface area contributed by atoms with Crippen LogP contribution in [-0.4, -0.2) is 31.5 Å². The van der Waals surface area contributed by atoms with Gasteiger partial charge in [-0.15, -0.1) is 0 Å². The molecule has 0 aliphatic carbocycles. The minimum Gasteiger partial charge on any atom is -0.475 e. The summed E-state index contributed by atoms with van der Waals surface area (Å²) >= 11 is 9.50. The van der Waals surface area contributed by atoms with Crippen molar-refractivity contribution in [3.05, 3.63) is 33.3 Å². The van der Waals surface area contributed by atoms with Crippen molar-refractivity contribution in [3.8, 4) is 0 Å². The van der Waals surface area contributed by atoms with Crippen LogP contribution in [0.5, 0.6) is 0 Å². The molecule has 0 aliphatic rings. The third-order valence-corrected chi connectivity index (χ3v) is 3.74. The number of methoxy groups -OCH3 is 1. The maximum absolute atomic E-state index is 11.8. The standard InChI is InChI=1S/C15H20BBrClNO4/c1-15(2,3)23-14(21)19-16(13(20)22-4)8-7-10-5-6-11(17)9-12(10)18/h5-6,9H,7-8H2,1-4H3,(H,19,21). The zero-order valence-electron chi connectivity index (χ0n) is 13.6. The normalized spacial score (nSPS) is 10.9. The van der Waals surface area contributed by atoms with Gasteiger partial charge >= 0.3 is 12.9 Å². The quantitative estimate of drug-likeness (QED) is 0.734. The van der Waals surface area contributed by atoms with Gasteiger partial charge in [-0.05, 0) is 51.2 Å². The van der Waals surface area contributed by atoms with Crippen LogP contribution < -0.4 is 5.23 Å². The lowest BCUT2D eigenvalue weighted by Crippen LogP contribution is -2.47. The fourth-order valence-corrected chi connectivity index (χ4v) is 2.63. The number of aryl methyl sites for hydroxylation is 1. The lowest BCUT2D eigenvalue weighted by atomic mass is 9.58. The Morgan fingerprint density at radius 3 is 2.52 bits per heavy atom. The fourth-order valence-electron chi connectivity index (χ4n) is 1.87. The summed E-state index contributed by atoms with van der Waals surface area (Å²) in [6, 6.07) is 5.52. The maximum atomic E-state index is 11.8. The van der Waals surface area contributed by atoms with Crippen molar-refractivity contribution < 1.29 is 19.1 Å². The van der Waals surface area contributed by atoms with E-state index in [0.29, 0.717) is 17.8 Å². The van der Waals surface area contributed by atoms with Gasteiger partial charge in [0.1, 0.15) is 5.60 Å². The molecule has 1 aromatic rings. The first-order valence-electron chi connectivity index (χ1n) is 7.13. The predicted molar refractivity (Wildman–Crippen MR) is 95.2 cm³/mol. The van der Waals surface area contributed by atoms with E-state index in [1.165, 1.54) is 7.11 Å². The highest BCUT2D eigenvalue weighted by Crippen LogP contribution is 2.23. The van der Waals surface area contributed by atoms with E-state index in [-0.39, 0.29) is 0 Å². The highest BCUT2D eigenvalue weighted by Gasteiger charge is 2.30. The van der Waals surface area contributed by atoms with Crippen molar-refractivity contribution in [2.75, 3.05) is 7.11 Å². The molecule has 1 amide bonds. The SMILES string of the molecule is COC(=O)B(CCc1ccc(Br)cc1Cl)NC(=O)OC(C)(C)C. The van der Waals surface area contributed by atoms with Gasteiger partial charge in [-0.3, -0.25) is 4.79 Å². The molecule has 0 spiro atoms. The van der Waals surface area contributed by atoms with Gasteiger partial charge in [0.15, 0.2) is 0 Å². The average Bonchev–Trinajstić information content (AvgIpc) is 2.42. The van der Waals surface area contributed by atoms with Crippen LogP contribution in [0.25, 0.3) is 0 Å². The molecule has 0 fully saturated rings. The topological polar surface area (TPSA) is 64.6 Å². The van der Waals surface area contributed by atoms with Crippen molar-refractivity contribution in [2.24, 2.45) is 0 Å². The smallest absolute Gasteiger partial charge is 0.395 e. The molecule has 5 nitrogen and oxygen atoms in total. The van der Waals surface area contributed by atoms with Crippen molar-refractivity contribution in [3.63, 3.8) is 0 Å². The highest BCUT2D eigenvalue weighted by atomic mass is 79.9. The van der Waals surface area contributed by atoms with Gasteiger partial charge in [-0.2, -0.15) is 0 Å². The molecule has 0 heterocycles. The van der Waals surface area contributed by atoms with Crippen LogP contribution >= 0.6 is 27.5 Å². The van der Waals surface area contributed by atoms with Crippen molar-refractivity contribution >= 4 is 46.3 Å². The van der Waals surface area contributed by atoms with Crippen LogP contribution in [0.1, 0.15) is 26.3 Å². The summed E-state index contributed by atoms with van der Waals surface area (Å²) in [4.78, 5) is 23.7. The first-order valence-corrected chi connectivity index (χ1v) is 8.30. The minimum atomic E-state index is -0.797. The van der Waals surface area contributed by atoms with Crippen LogP contribution in [0.15, 0.2) is 22.7 Å². The summed E-state index contributed by atoms with van der Waals surface area (Å²) in [6.07, 6.45) is 0.212. The second-order valence-corrected chi connectivity index (χ2v) is 7.32. The zero-order valence-corrected chi connectivity index (χ0v) is 16.0. The molecule has 0 unspecified atom stereocenters. The van der Waals surface area contributed by atoms with Gasteiger partial charge in [0.2, 0.25) is 0 Å².